The second-order valence-electron chi connectivity index (χ2n) is 9.18. The van der Waals surface area contributed by atoms with E-state index in [9.17, 15) is 9.90 Å². The fourth-order valence-corrected chi connectivity index (χ4v) is 5.23. The molecule has 0 atom stereocenters. The molecule has 1 aliphatic carbocycles. The zero-order valence-corrected chi connectivity index (χ0v) is 22.7. The molecule has 198 valence electrons. The molecule has 8 nitrogen and oxygen atoms in total. The van der Waals surface area contributed by atoms with Crippen LogP contribution in [0.1, 0.15) is 40.6 Å². The number of aromatic carboxylic acids is 1. The summed E-state index contributed by atoms with van der Waals surface area (Å²) in [5.74, 6) is 1.41. The highest BCUT2D eigenvalue weighted by Crippen LogP contribution is 2.46. The van der Waals surface area contributed by atoms with Gasteiger partial charge in [-0.25, -0.2) is 4.79 Å². The molecule has 0 radical (unpaired) electrons. The minimum absolute atomic E-state index is 0.0174. The molecule has 5 aromatic rings. The SMILES string of the molecule is Cn1nc(C(=O)O)c2ccc(Oc3ccc(OCc4c(-c5c(Cl)cccc5Cl)noc4C4CC4)cc3Cl)cc21. The molecule has 6 rings (SSSR count). The summed E-state index contributed by atoms with van der Waals surface area (Å²) in [6, 6.07) is 15.4. The van der Waals surface area contributed by atoms with E-state index < -0.39 is 5.97 Å². The molecular formula is C28H20Cl3N3O5. The van der Waals surface area contributed by atoms with Crippen molar-refractivity contribution in [2.24, 2.45) is 7.05 Å². The highest BCUT2D eigenvalue weighted by molar-refractivity contribution is 6.39. The van der Waals surface area contributed by atoms with Crippen molar-refractivity contribution < 1.29 is 23.9 Å². The topological polar surface area (TPSA) is 99.6 Å². The number of fused-ring (bicyclic) bond motifs is 1. The molecule has 2 heterocycles. The highest BCUT2D eigenvalue weighted by atomic mass is 35.5. The Labute approximate surface area is 237 Å². The summed E-state index contributed by atoms with van der Waals surface area (Å²) in [7, 11) is 1.67. The molecule has 3 aromatic carbocycles. The number of benzene rings is 3. The fraction of sp³-hybridized carbons (Fsp3) is 0.179. The number of carboxylic acids is 1. The predicted octanol–water partition coefficient (Wildman–Crippen LogP) is 8.14. The first kappa shape index (κ1) is 25.6. The minimum atomic E-state index is -1.09. The van der Waals surface area contributed by atoms with E-state index >= 15 is 0 Å². The molecule has 2 aromatic heterocycles. The molecule has 0 amide bonds. The Bertz CT molecular complexity index is 1720. The van der Waals surface area contributed by atoms with Crippen LogP contribution in [0.5, 0.6) is 17.2 Å². The van der Waals surface area contributed by atoms with Gasteiger partial charge in [0, 0.05) is 36.0 Å². The summed E-state index contributed by atoms with van der Waals surface area (Å²) in [6.45, 7) is 0.186. The largest absolute Gasteiger partial charge is 0.489 e. The van der Waals surface area contributed by atoms with Gasteiger partial charge in [-0.15, -0.1) is 0 Å². The molecule has 1 fully saturated rings. The number of nitrogens with zero attached hydrogens (tertiary/aromatic N) is 3. The Morgan fingerprint density at radius 3 is 2.49 bits per heavy atom. The Hall–Kier alpha value is -3.72. The van der Waals surface area contributed by atoms with E-state index in [1.807, 2.05) is 0 Å². The first-order valence-corrected chi connectivity index (χ1v) is 13.2. The second-order valence-corrected chi connectivity index (χ2v) is 10.4. The molecule has 0 spiro atoms. The van der Waals surface area contributed by atoms with Crippen LogP contribution in [0.15, 0.2) is 59.1 Å². The van der Waals surface area contributed by atoms with Crippen LogP contribution >= 0.6 is 34.8 Å². The molecule has 0 bridgehead atoms. The van der Waals surface area contributed by atoms with Gasteiger partial charge in [0.2, 0.25) is 0 Å². The normalized spacial score (nSPS) is 13.1. The lowest BCUT2D eigenvalue weighted by atomic mass is 10.0. The van der Waals surface area contributed by atoms with Crippen LogP contribution in [0.4, 0.5) is 0 Å². The Balaban J connectivity index is 1.23. The minimum Gasteiger partial charge on any atom is -0.489 e. The summed E-state index contributed by atoms with van der Waals surface area (Å²) >= 11 is 19.4. The molecule has 0 unspecified atom stereocenters. The van der Waals surface area contributed by atoms with E-state index in [1.165, 1.54) is 4.68 Å². The van der Waals surface area contributed by atoms with E-state index in [0.29, 0.717) is 60.4 Å². The van der Waals surface area contributed by atoms with Crippen molar-refractivity contribution in [3.05, 3.63) is 86.7 Å². The summed E-state index contributed by atoms with van der Waals surface area (Å²) in [5.41, 5.74) is 2.58. The average molecular weight is 585 g/mol. The Morgan fingerprint density at radius 1 is 1.05 bits per heavy atom. The second kappa shape index (κ2) is 10.1. The zero-order chi connectivity index (χ0) is 27.3. The smallest absolute Gasteiger partial charge is 0.357 e. The third-order valence-electron chi connectivity index (χ3n) is 6.51. The van der Waals surface area contributed by atoms with Gasteiger partial charge in [-0.05, 0) is 49.2 Å². The van der Waals surface area contributed by atoms with E-state index in [-0.39, 0.29) is 12.3 Å². The van der Waals surface area contributed by atoms with E-state index in [0.717, 1.165) is 24.2 Å². The van der Waals surface area contributed by atoms with Crippen molar-refractivity contribution in [3.63, 3.8) is 0 Å². The van der Waals surface area contributed by atoms with Crippen LogP contribution in [0.3, 0.4) is 0 Å². The summed E-state index contributed by atoms with van der Waals surface area (Å²) in [5, 5.41) is 19.5. The fourth-order valence-electron chi connectivity index (χ4n) is 4.44. The molecule has 39 heavy (non-hydrogen) atoms. The highest BCUT2D eigenvalue weighted by Gasteiger charge is 2.33. The average Bonchev–Trinajstić information content (AvgIpc) is 3.58. The van der Waals surface area contributed by atoms with Crippen molar-refractivity contribution >= 4 is 51.7 Å². The summed E-state index contributed by atoms with van der Waals surface area (Å²) < 4.78 is 19.3. The third kappa shape index (κ3) is 4.91. The number of hydrogen-bond donors (Lipinski definition) is 1. The molecule has 1 aliphatic rings. The van der Waals surface area contributed by atoms with Gasteiger partial charge in [0.15, 0.2) is 5.69 Å². The van der Waals surface area contributed by atoms with E-state index in [2.05, 4.69) is 10.3 Å². The van der Waals surface area contributed by atoms with Crippen LogP contribution < -0.4 is 9.47 Å². The van der Waals surface area contributed by atoms with Gasteiger partial charge >= 0.3 is 5.97 Å². The molecule has 0 saturated heterocycles. The number of rotatable bonds is 8. The van der Waals surface area contributed by atoms with Gasteiger partial charge in [-0.1, -0.05) is 46.0 Å². The standard InChI is InChI=1S/C28H20Cl3N3O5/c1-34-22-12-16(7-9-17(22)26(32-34)28(35)36)38-23-10-8-15(11-21(23)31)37-13-18-25(33-39-27(18)14-5-6-14)24-19(29)3-2-4-20(24)30/h2-4,7-12,14H,5-6,13H2,1H3,(H,35,36). The van der Waals surface area contributed by atoms with Gasteiger partial charge in [-0.3, -0.25) is 4.68 Å². The lowest BCUT2D eigenvalue weighted by Crippen LogP contribution is -2.00. The van der Waals surface area contributed by atoms with E-state index in [1.54, 1.807) is 61.6 Å². The Kier molecular flexibility index (Phi) is 6.62. The van der Waals surface area contributed by atoms with Crippen molar-refractivity contribution in [2.45, 2.75) is 25.4 Å². The van der Waals surface area contributed by atoms with Gasteiger partial charge in [-0.2, -0.15) is 5.10 Å². The Morgan fingerprint density at radius 2 is 1.79 bits per heavy atom. The maximum atomic E-state index is 11.4. The van der Waals surface area contributed by atoms with Crippen LogP contribution in [-0.2, 0) is 13.7 Å². The van der Waals surface area contributed by atoms with Gasteiger partial charge < -0.3 is 19.1 Å². The van der Waals surface area contributed by atoms with Crippen LogP contribution in [-0.4, -0.2) is 26.0 Å². The maximum absolute atomic E-state index is 11.4. The number of ether oxygens (including phenoxy) is 2. The number of hydrogen-bond acceptors (Lipinski definition) is 6. The van der Waals surface area contributed by atoms with Crippen molar-refractivity contribution in [1.82, 2.24) is 14.9 Å². The quantitative estimate of drug-likeness (QED) is 0.196. The summed E-state index contributed by atoms with van der Waals surface area (Å²) in [4.78, 5) is 11.4. The van der Waals surface area contributed by atoms with Crippen molar-refractivity contribution in [1.29, 1.82) is 0 Å². The molecule has 0 aliphatic heterocycles. The van der Waals surface area contributed by atoms with E-state index in [4.69, 9.17) is 48.8 Å². The number of carbonyl (C=O) groups is 1. The third-order valence-corrected chi connectivity index (χ3v) is 7.43. The maximum Gasteiger partial charge on any atom is 0.357 e. The first-order valence-electron chi connectivity index (χ1n) is 12.0. The van der Waals surface area contributed by atoms with Crippen molar-refractivity contribution in [3.8, 4) is 28.5 Å². The number of carboxylic acid groups (broad SMARTS) is 1. The van der Waals surface area contributed by atoms with Gasteiger partial charge in [0.25, 0.3) is 0 Å². The number of aryl methyl sites for hydroxylation is 1. The molecular weight excluding hydrogens is 565 g/mol. The van der Waals surface area contributed by atoms with Crippen LogP contribution in [0, 0.1) is 0 Å². The lowest BCUT2D eigenvalue weighted by molar-refractivity contribution is 0.0691. The van der Waals surface area contributed by atoms with Crippen LogP contribution in [0.25, 0.3) is 22.2 Å². The molecule has 11 heteroatoms. The number of aromatic nitrogens is 3. The lowest BCUT2D eigenvalue weighted by Gasteiger charge is -2.12. The first-order chi connectivity index (χ1) is 18.8. The van der Waals surface area contributed by atoms with Gasteiger partial charge in [0.05, 0.1) is 26.1 Å². The zero-order valence-electron chi connectivity index (χ0n) is 20.5. The predicted molar refractivity (Wildman–Crippen MR) is 147 cm³/mol. The molecule has 1 N–H and O–H groups in total. The van der Waals surface area contributed by atoms with Crippen LogP contribution in [0.2, 0.25) is 15.1 Å². The van der Waals surface area contributed by atoms with Gasteiger partial charge in [0.1, 0.15) is 35.3 Å². The number of halogens is 3. The monoisotopic (exact) mass is 583 g/mol. The summed E-state index contributed by atoms with van der Waals surface area (Å²) in [6.07, 6.45) is 2.05. The molecule has 1 saturated carbocycles. The van der Waals surface area contributed by atoms with Crippen molar-refractivity contribution in [2.75, 3.05) is 0 Å².